The lowest BCUT2D eigenvalue weighted by molar-refractivity contribution is -0.153. The van der Waals surface area contributed by atoms with E-state index in [1.165, 1.54) is 13.0 Å². The molecule has 0 aliphatic heterocycles. The number of hydrogen-bond donors (Lipinski definition) is 0. The van der Waals surface area contributed by atoms with Gasteiger partial charge in [0, 0.05) is 6.42 Å². The molecule has 1 rings (SSSR count). The van der Waals surface area contributed by atoms with Gasteiger partial charge in [-0.25, -0.2) is 4.79 Å². The van der Waals surface area contributed by atoms with Gasteiger partial charge >= 0.3 is 12.1 Å². The lowest BCUT2D eigenvalue weighted by Crippen LogP contribution is -2.36. The average molecular weight is 290 g/mol. The maximum absolute atomic E-state index is 12.5. The average Bonchev–Trinajstić information content (AvgIpc) is 2.42. The lowest BCUT2D eigenvalue weighted by atomic mass is 10.1. The number of ether oxygens (including phenoxy) is 2. The topological polar surface area (TPSA) is 52.6 Å². The Hall–Kier alpha value is -2.05. The zero-order valence-electron chi connectivity index (χ0n) is 10.9. The van der Waals surface area contributed by atoms with E-state index in [4.69, 9.17) is 4.74 Å². The van der Waals surface area contributed by atoms with E-state index in [0.717, 1.165) is 25.3 Å². The molecule has 110 valence electrons. The molecule has 20 heavy (non-hydrogen) atoms. The van der Waals surface area contributed by atoms with Crippen molar-refractivity contribution in [3.63, 3.8) is 0 Å². The van der Waals surface area contributed by atoms with Crippen LogP contribution in [0.1, 0.15) is 18.9 Å². The molecule has 1 aromatic rings. The van der Waals surface area contributed by atoms with Crippen LogP contribution in [0.4, 0.5) is 13.2 Å². The number of carbonyl (C=O) groups is 2. The van der Waals surface area contributed by atoms with E-state index in [1.54, 1.807) is 0 Å². The number of rotatable bonds is 5. The number of ketones is 1. The fourth-order valence-corrected chi connectivity index (χ4v) is 1.42. The Kier molecular flexibility index (Phi) is 5.12. The van der Waals surface area contributed by atoms with E-state index in [1.807, 2.05) is 0 Å². The van der Waals surface area contributed by atoms with Crippen LogP contribution in [0, 0.1) is 0 Å². The first-order chi connectivity index (χ1) is 9.29. The van der Waals surface area contributed by atoms with Crippen LogP contribution in [0.3, 0.4) is 0 Å². The highest BCUT2D eigenvalue weighted by atomic mass is 19.4. The van der Waals surface area contributed by atoms with Crippen molar-refractivity contribution in [2.45, 2.75) is 25.6 Å². The van der Waals surface area contributed by atoms with E-state index >= 15 is 0 Å². The van der Waals surface area contributed by atoms with Gasteiger partial charge in [0.15, 0.2) is 5.78 Å². The normalized spacial score (nSPS) is 12.7. The summed E-state index contributed by atoms with van der Waals surface area (Å²) in [7, 11) is 1.06. The summed E-state index contributed by atoms with van der Waals surface area (Å²) in [4.78, 5) is 23.0. The second-order valence-electron chi connectivity index (χ2n) is 3.87. The summed E-state index contributed by atoms with van der Waals surface area (Å²) in [6.07, 6.45) is -6.10. The highest BCUT2D eigenvalue weighted by molar-refractivity contribution is 6.02. The Labute approximate surface area is 113 Å². The van der Waals surface area contributed by atoms with E-state index in [0.29, 0.717) is 0 Å². The third-order valence-electron chi connectivity index (χ3n) is 2.47. The molecule has 0 aromatic heterocycles. The SMILES string of the molecule is CCC(=O)C(Oc1cccc(C(F)(F)F)c1)C(=O)OC. The van der Waals surface area contributed by atoms with Gasteiger partial charge in [-0.15, -0.1) is 0 Å². The van der Waals surface area contributed by atoms with Gasteiger partial charge in [-0.2, -0.15) is 13.2 Å². The first kappa shape index (κ1) is 16.0. The number of methoxy groups -OCH3 is 1. The summed E-state index contributed by atoms with van der Waals surface area (Å²) in [6.45, 7) is 1.51. The molecule has 0 fully saturated rings. The molecule has 0 aliphatic rings. The predicted octanol–water partition coefficient (Wildman–Crippen LogP) is 2.60. The minimum Gasteiger partial charge on any atom is -0.471 e. The summed E-state index contributed by atoms with van der Waals surface area (Å²) < 4.78 is 47.1. The van der Waals surface area contributed by atoms with Gasteiger partial charge in [-0.05, 0) is 18.2 Å². The molecule has 0 spiro atoms. The third-order valence-corrected chi connectivity index (χ3v) is 2.47. The maximum atomic E-state index is 12.5. The Balaban J connectivity index is 3.00. The van der Waals surface area contributed by atoms with Crippen LogP contribution in [-0.2, 0) is 20.5 Å². The van der Waals surface area contributed by atoms with Crippen molar-refractivity contribution in [3.05, 3.63) is 29.8 Å². The maximum Gasteiger partial charge on any atom is 0.416 e. The van der Waals surface area contributed by atoms with Crippen LogP contribution < -0.4 is 4.74 Å². The van der Waals surface area contributed by atoms with Crippen molar-refractivity contribution in [2.24, 2.45) is 0 Å². The molecule has 0 saturated carbocycles. The third kappa shape index (κ3) is 3.97. The van der Waals surface area contributed by atoms with Gasteiger partial charge in [0.05, 0.1) is 12.7 Å². The molecule has 7 heteroatoms. The minimum absolute atomic E-state index is 0.00126. The van der Waals surface area contributed by atoms with Crippen molar-refractivity contribution in [2.75, 3.05) is 7.11 Å². The van der Waals surface area contributed by atoms with Crippen LogP contribution in [0.5, 0.6) is 5.75 Å². The monoisotopic (exact) mass is 290 g/mol. The van der Waals surface area contributed by atoms with Crippen molar-refractivity contribution < 1.29 is 32.2 Å². The standard InChI is InChI=1S/C13H13F3O4/c1-3-10(17)11(12(18)19-2)20-9-6-4-5-8(7-9)13(14,15)16/h4-7,11H,3H2,1-2H3. The molecule has 1 aromatic carbocycles. The predicted molar refractivity (Wildman–Crippen MR) is 63.2 cm³/mol. The van der Waals surface area contributed by atoms with Crippen molar-refractivity contribution >= 4 is 11.8 Å². The van der Waals surface area contributed by atoms with Crippen molar-refractivity contribution in [3.8, 4) is 5.75 Å². The zero-order chi connectivity index (χ0) is 15.3. The number of Topliss-reactive ketones (excluding diaryl/α,β-unsaturated/α-hetero) is 1. The lowest BCUT2D eigenvalue weighted by Gasteiger charge is -2.16. The molecule has 0 aliphatic carbocycles. The zero-order valence-corrected chi connectivity index (χ0v) is 10.9. The van der Waals surface area contributed by atoms with Gasteiger partial charge in [-0.3, -0.25) is 4.79 Å². The second kappa shape index (κ2) is 6.40. The van der Waals surface area contributed by atoms with Crippen LogP contribution in [-0.4, -0.2) is 25.0 Å². The first-order valence-corrected chi connectivity index (χ1v) is 5.74. The Bertz CT molecular complexity index is 481. The van der Waals surface area contributed by atoms with E-state index in [-0.39, 0.29) is 12.2 Å². The molecule has 0 N–H and O–H groups in total. The van der Waals surface area contributed by atoms with Gasteiger partial charge in [0.1, 0.15) is 5.75 Å². The fourth-order valence-electron chi connectivity index (χ4n) is 1.42. The molecular formula is C13H13F3O4. The Morgan fingerprint density at radius 2 is 1.95 bits per heavy atom. The highest BCUT2D eigenvalue weighted by Crippen LogP contribution is 2.31. The molecule has 0 bridgehead atoms. The molecule has 0 heterocycles. The van der Waals surface area contributed by atoms with Crippen molar-refractivity contribution in [1.82, 2.24) is 0 Å². The Morgan fingerprint density at radius 3 is 2.45 bits per heavy atom. The number of hydrogen-bond acceptors (Lipinski definition) is 4. The largest absolute Gasteiger partial charge is 0.471 e. The number of esters is 1. The van der Waals surface area contributed by atoms with Gasteiger partial charge in [0.2, 0.25) is 0 Å². The number of alkyl halides is 3. The van der Waals surface area contributed by atoms with Crippen LogP contribution in [0.2, 0.25) is 0 Å². The minimum atomic E-state index is -4.53. The van der Waals surface area contributed by atoms with Crippen LogP contribution in [0.25, 0.3) is 0 Å². The molecule has 0 amide bonds. The summed E-state index contributed by atoms with van der Waals surface area (Å²) in [5.41, 5.74) is -0.928. The second-order valence-corrected chi connectivity index (χ2v) is 3.87. The molecular weight excluding hydrogens is 277 g/mol. The summed E-state index contributed by atoms with van der Waals surface area (Å²) in [5.74, 6) is -1.75. The number of benzene rings is 1. The van der Waals surface area contributed by atoms with E-state index < -0.39 is 29.6 Å². The summed E-state index contributed by atoms with van der Waals surface area (Å²) in [6, 6.07) is 3.94. The molecule has 0 radical (unpaired) electrons. The molecule has 0 saturated heterocycles. The smallest absolute Gasteiger partial charge is 0.416 e. The fraction of sp³-hybridized carbons (Fsp3) is 0.385. The number of halogens is 3. The molecule has 4 nitrogen and oxygen atoms in total. The quantitative estimate of drug-likeness (QED) is 0.618. The summed E-state index contributed by atoms with van der Waals surface area (Å²) >= 11 is 0. The van der Waals surface area contributed by atoms with Crippen LogP contribution in [0.15, 0.2) is 24.3 Å². The van der Waals surface area contributed by atoms with Gasteiger partial charge < -0.3 is 9.47 Å². The van der Waals surface area contributed by atoms with Crippen LogP contribution >= 0.6 is 0 Å². The van der Waals surface area contributed by atoms with Gasteiger partial charge in [-0.1, -0.05) is 13.0 Å². The van der Waals surface area contributed by atoms with Crippen molar-refractivity contribution in [1.29, 1.82) is 0 Å². The first-order valence-electron chi connectivity index (χ1n) is 5.74. The molecule has 1 atom stereocenters. The Morgan fingerprint density at radius 1 is 1.30 bits per heavy atom. The van der Waals surface area contributed by atoms with E-state index in [9.17, 15) is 22.8 Å². The van der Waals surface area contributed by atoms with E-state index in [2.05, 4.69) is 4.74 Å². The molecule has 1 unspecified atom stereocenters. The highest BCUT2D eigenvalue weighted by Gasteiger charge is 2.32. The number of carbonyl (C=O) groups excluding carboxylic acids is 2. The summed E-state index contributed by atoms with van der Waals surface area (Å²) in [5, 5.41) is 0. The van der Waals surface area contributed by atoms with Gasteiger partial charge in [0.25, 0.3) is 6.10 Å².